The van der Waals surface area contributed by atoms with E-state index in [4.69, 9.17) is 14.3 Å². The lowest BCUT2D eigenvalue weighted by Gasteiger charge is -2.11. The lowest BCUT2D eigenvalue weighted by Crippen LogP contribution is -2.26. The van der Waals surface area contributed by atoms with Gasteiger partial charge in [-0.2, -0.15) is 0 Å². The minimum atomic E-state index is -3.87. The fourth-order valence-electron chi connectivity index (χ4n) is 2.30. The Labute approximate surface area is 147 Å². The van der Waals surface area contributed by atoms with Crippen LogP contribution in [-0.2, 0) is 21.4 Å². The standard InChI is InChI=1S/C17H22N2O5S/c1-12-9-14(10-16(13(12)2)25(18,21)22)17(20)19-6-4-7-23-11-15-5-3-8-24-15/h3,5,8-10H,4,6-7,11H2,1-2H3,(H,19,20)(H2,18,21,22). The summed E-state index contributed by atoms with van der Waals surface area (Å²) in [6, 6.07) is 6.57. The molecule has 1 heterocycles. The summed E-state index contributed by atoms with van der Waals surface area (Å²) in [4.78, 5) is 12.2. The lowest BCUT2D eigenvalue weighted by molar-refractivity contribution is 0.0916. The Bertz CT molecular complexity index is 829. The normalized spacial score (nSPS) is 11.5. The zero-order valence-corrected chi connectivity index (χ0v) is 15.1. The first-order valence-electron chi connectivity index (χ1n) is 7.81. The van der Waals surface area contributed by atoms with Crippen molar-refractivity contribution in [2.75, 3.05) is 13.2 Å². The number of sulfonamides is 1. The molecule has 0 aliphatic rings. The molecule has 25 heavy (non-hydrogen) atoms. The molecule has 0 unspecified atom stereocenters. The molecular formula is C17H22N2O5S. The van der Waals surface area contributed by atoms with E-state index in [9.17, 15) is 13.2 Å². The van der Waals surface area contributed by atoms with E-state index < -0.39 is 10.0 Å². The van der Waals surface area contributed by atoms with Gasteiger partial charge in [0.15, 0.2) is 0 Å². The number of rotatable bonds is 8. The molecule has 0 saturated carbocycles. The highest BCUT2D eigenvalue weighted by Crippen LogP contribution is 2.20. The van der Waals surface area contributed by atoms with Gasteiger partial charge in [-0.3, -0.25) is 4.79 Å². The van der Waals surface area contributed by atoms with Gasteiger partial charge in [-0.15, -0.1) is 0 Å². The maximum Gasteiger partial charge on any atom is 0.251 e. The van der Waals surface area contributed by atoms with E-state index in [1.165, 1.54) is 6.07 Å². The molecule has 3 N–H and O–H groups in total. The number of hydrogen-bond donors (Lipinski definition) is 2. The van der Waals surface area contributed by atoms with Gasteiger partial charge in [0.2, 0.25) is 10.0 Å². The fourth-order valence-corrected chi connectivity index (χ4v) is 3.18. The van der Waals surface area contributed by atoms with Crippen LogP contribution in [0.2, 0.25) is 0 Å². The van der Waals surface area contributed by atoms with Crippen molar-refractivity contribution in [2.45, 2.75) is 31.8 Å². The molecule has 136 valence electrons. The van der Waals surface area contributed by atoms with Gasteiger partial charge in [0.1, 0.15) is 12.4 Å². The van der Waals surface area contributed by atoms with Crippen molar-refractivity contribution in [3.8, 4) is 0 Å². The number of amides is 1. The molecule has 0 bridgehead atoms. The summed E-state index contributed by atoms with van der Waals surface area (Å²) in [5, 5.41) is 7.95. The topological polar surface area (TPSA) is 112 Å². The fraction of sp³-hybridized carbons (Fsp3) is 0.353. The van der Waals surface area contributed by atoms with Gasteiger partial charge in [0.05, 0.1) is 11.2 Å². The molecule has 0 fully saturated rings. The van der Waals surface area contributed by atoms with E-state index in [2.05, 4.69) is 5.32 Å². The van der Waals surface area contributed by atoms with Crippen LogP contribution in [-0.4, -0.2) is 27.5 Å². The predicted octanol–water partition coefficient (Wildman–Crippen LogP) is 1.88. The van der Waals surface area contributed by atoms with Crippen LogP contribution in [0.15, 0.2) is 39.8 Å². The monoisotopic (exact) mass is 366 g/mol. The number of nitrogens with two attached hydrogens (primary N) is 1. The SMILES string of the molecule is Cc1cc(C(=O)NCCCOCc2ccco2)cc(S(N)(=O)=O)c1C. The molecule has 7 nitrogen and oxygen atoms in total. The molecule has 0 radical (unpaired) electrons. The van der Waals surface area contributed by atoms with Gasteiger partial charge in [-0.1, -0.05) is 0 Å². The quantitative estimate of drug-likeness (QED) is 0.693. The number of carbonyl (C=O) groups is 1. The highest BCUT2D eigenvalue weighted by Gasteiger charge is 2.17. The van der Waals surface area contributed by atoms with E-state index >= 15 is 0 Å². The number of ether oxygens (including phenoxy) is 1. The summed E-state index contributed by atoms with van der Waals surface area (Å²) in [5.74, 6) is 0.397. The zero-order valence-electron chi connectivity index (χ0n) is 14.2. The Morgan fingerprint density at radius 2 is 2.08 bits per heavy atom. The predicted molar refractivity (Wildman–Crippen MR) is 92.6 cm³/mol. The van der Waals surface area contributed by atoms with Crippen LogP contribution in [0, 0.1) is 13.8 Å². The van der Waals surface area contributed by atoms with Gasteiger partial charge in [0.25, 0.3) is 5.91 Å². The van der Waals surface area contributed by atoms with E-state index in [1.54, 1.807) is 32.2 Å². The Morgan fingerprint density at radius 1 is 1.32 bits per heavy atom. The Kier molecular flexibility index (Phi) is 6.35. The number of benzene rings is 1. The summed E-state index contributed by atoms with van der Waals surface area (Å²) in [7, 11) is -3.87. The summed E-state index contributed by atoms with van der Waals surface area (Å²) in [6.07, 6.45) is 2.21. The van der Waals surface area contributed by atoms with Crippen molar-refractivity contribution in [2.24, 2.45) is 5.14 Å². The number of nitrogens with one attached hydrogen (secondary N) is 1. The molecule has 0 aliphatic carbocycles. The maximum atomic E-state index is 12.2. The molecule has 2 rings (SSSR count). The van der Waals surface area contributed by atoms with Gasteiger partial charge >= 0.3 is 0 Å². The number of furan rings is 1. The number of primary sulfonamides is 1. The molecule has 1 aromatic carbocycles. The van der Waals surface area contributed by atoms with Crippen molar-refractivity contribution in [3.05, 3.63) is 53.0 Å². The molecule has 1 aromatic heterocycles. The van der Waals surface area contributed by atoms with Crippen LogP contribution in [0.1, 0.15) is 33.7 Å². The van der Waals surface area contributed by atoms with Crippen LogP contribution in [0.5, 0.6) is 0 Å². The molecule has 0 atom stereocenters. The largest absolute Gasteiger partial charge is 0.467 e. The smallest absolute Gasteiger partial charge is 0.251 e. The summed E-state index contributed by atoms with van der Waals surface area (Å²) < 4.78 is 33.8. The third kappa shape index (κ3) is 5.42. The van der Waals surface area contributed by atoms with Crippen LogP contribution in [0.3, 0.4) is 0 Å². The van der Waals surface area contributed by atoms with Crippen molar-refractivity contribution >= 4 is 15.9 Å². The molecular weight excluding hydrogens is 344 g/mol. The summed E-state index contributed by atoms with van der Waals surface area (Å²) in [6.45, 7) is 4.66. The molecule has 0 saturated heterocycles. The maximum absolute atomic E-state index is 12.2. The second-order valence-electron chi connectivity index (χ2n) is 5.70. The van der Waals surface area contributed by atoms with Gasteiger partial charge in [-0.25, -0.2) is 13.6 Å². The molecule has 8 heteroatoms. The molecule has 0 aliphatic heterocycles. The van der Waals surface area contributed by atoms with Crippen LogP contribution < -0.4 is 10.5 Å². The first-order chi connectivity index (χ1) is 11.8. The van der Waals surface area contributed by atoms with Crippen LogP contribution in [0.4, 0.5) is 0 Å². The Morgan fingerprint density at radius 3 is 2.72 bits per heavy atom. The zero-order chi connectivity index (χ0) is 18.4. The third-order valence-corrected chi connectivity index (χ3v) is 4.80. The second kappa shape index (κ2) is 8.28. The van der Waals surface area contributed by atoms with Crippen LogP contribution >= 0.6 is 0 Å². The average Bonchev–Trinajstić information content (AvgIpc) is 3.05. The van der Waals surface area contributed by atoms with E-state index in [0.29, 0.717) is 37.3 Å². The van der Waals surface area contributed by atoms with Gasteiger partial charge < -0.3 is 14.5 Å². The first-order valence-corrected chi connectivity index (χ1v) is 9.36. The van der Waals surface area contributed by atoms with Crippen molar-refractivity contribution < 1.29 is 22.4 Å². The Balaban J connectivity index is 1.85. The first kappa shape index (κ1) is 19.2. The molecule has 2 aromatic rings. The summed E-state index contributed by atoms with van der Waals surface area (Å²) >= 11 is 0. The van der Waals surface area contributed by atoms with Crippen molar-refractivity contribution in [1.29, 1.82) is 0 Å². The molecule has 1 amide bonds. The highest BCUT2D eigenvalue weighted by atomic mass is 32.2. The number of carbonyl (C=O) groups excluding carboxylic acids is 1. The third-order valence-electron chi connectivity index (χ3n) is 3.76. The minimum absolute atomic E-state index is 0.0283. The molecule has 0 spiro atoms. The van der Waals surface area contributed by atoms with E-state index in [1.807, 2.05) is 6.07 Å². The average molecular weight is 366 g/mol. The van der Waals surface area contributed by atoms with Crippen molar-refractivity contribution in [1.82, 2.24) is 5.32 Å². The summed E-state index contributed by atoms with van der Waals surface area (Å²) in [5.41, 5.74) is 1.51. The van der Waals surface area contributed by atoms with E-state index in [0.717, 1.165) is 5.76 Å². The van der Waals surface area contributed by atoms with E-state index in [-0.39, 0.29) is 16.4 Å². The number of hydrogen-bond acceptors (Lipinski definition) is 5. The van der Waals surface area contributed by atoms with Crippen molar-refractivity contribution in [3.63, 3.8) is 0 Å². The minimum Gasteiger partial charge on any atom is -0.467 e. The Hall–Kier alpha value is -2.16. The van der Waals surface area contributed by atoms with Gasteiger partial charge in [-0.05, 0) is 55.7 Å². The number of aryl methyl sites for hydroxylation is 1. The van der Waals surface area contributed by atoms with Crippen LogP contribution in [0.25, 0.3) is 0 Å². The lowest BCUT2D eigenvalue weighted by atomic mass is 10.1. The highest BCUT2D eigenvalue weighted by molar-refractivity contribution is 7.89. The van der Waals surface area contributed by atoms with Gasteiger partial charge in [0, 0.05) is 18.7 Å². The second-order valence-corrected chi connectivity index (χ2v) is 7.23.